The predicted molar refractivity (Wildman–Crippen MR) is 130 cm³/mol. The molecule has 7 nitrogen and oxygen atoms in total. The normalized spacial score (nSPS) is 11.4. The highest BCUT2D eigenvalue weighted by molar-refractivity contribution is 7.92. The van der Waals surface area contributed by atoms with Gasteiger partial charge in [0.25, 0.3) is 0 Å². The number of rotatable bonds is 12. The highest BCUT2D eigenvalue weighted by Gasteiger charge is 2.13. The molecular formula is C24H32N2O5S. The van der Waals surface area contributed by atoms with Gasteiger partial charge in [-0.25, -0.2) is 8.42 Å². The minimum absolute atomic E-state index is 0.0393. The molecule has 2 N–H and O–H groups in total. The molecule has 0 atom stereocenters. The Labute approximate surface area is 190 Å². The standard InChI is InChI=1S/C24H32N2O5S/c1-5-7-15-31-22-13-11-19(17-23(22)30-4)12-14-24(27)25-20-9-8-10-21(18(20)3)26-32(28,29)16-6-2/h8-14,17,26H,5-7,15-16H2,1-4H3,(H,25,27)/b14-12+. The molecule has 0 aromatic heterocycles. The molecule has 0 heterocycles. The molecule has 32 heavy (non-hydrogen) atoms. The smallest absolute Gasteiger partial charge is 0.248 e. The third kappa shape index (κ3) is 7.60. The van der Waals surface area contributed by atoms with Gasteiger partial charge in [0, 0.05) is 11.8 Å². The number of nitrogens with one attached hydrogen (secondary N) is 2. The number of amides is 1. The highest BCUT2D eigenvalue weighted by Crippen LogP contribution is 2.29. The van der Waals surface area contributed by atoms with Crippen molar-refractivity contribution in [1.29, 1.82) is 0 Å². The van der Waals surface area contributed by atoms with Crippen LogP contribution in [-0.4, -0.2) is 33.8 Å². The monoisotopic (exact) mass is 460 g/mol. The molecule has 8 heteroatoms. The Balaban J connectivity index is 2.08. The van der Waals surface area contributed by atoms with Crippen molar-refractivity contribution >= 4 is 33.4 Å². The second-order valence-corrected chi connectivity index (χ2v) is 9.18. The van der Waals surface area contributed by atoms with E-state index >= 15 is 0 Å². The first-order valence-electron chi connectivity index (χ1n) is 10.7. The average molecular weight is 461 g/mol. The SMILES string of the molecule is CCCCOc1ccc(/C=C/C(=O)Nc2cccc(NS(=O)(=O)CCC)c2C)cc1OC. The molecule has 2 aromatic carbocycles. The summed E-state index contributed by atoms with van der Waals surface area (Å²) in [5, 5.41) is 2.80. The second kappa shape index (κ2) is 12.1. The van der Waals surface area contributed by atoms with Gasteiger partial charge in [-0.05, 0) is 61.2 Å². The summed E-state index contributed by atoms with van der Waals surface area (Å²) in [4.78, 5) is 12.4. The van der Waals surface area contributed by atoms with Gasteiger partial charge in [0.1, 0.15) is 0 Å². The van der Waals surface area contributed by atoms with E-state index in [-0.39, 0.29) is 11.7 Å². The van der Waals surface area contributed by atoms with Crippen LogP contribution in [0.15, 0.2) is 42.5 Å². The first-order chi connectivity index (χ1) is 15.3. The lowest BCUT2D eigenvalue weighted by atomic mass is 10.1. The summed E-state index contributed by atoms with van der Waals surface area (Å²) in [7, 11) is -1.84. The third-order valence-corrected chi connectivity index (χ3v) is 6.18. The molecular weight excluding hydrogens is 428 g/mol. The van der Waals surface area contributed by atoms with Crippen molar-refractivity contribution in [3.8, 4) is 11.5 Å². The summed E-state index contributed by atoms with van der Waals surface area (Å²) in [5.41, 5.74) is 2.42. The van der Waals surface area contributed by atoms with Gasteiger partial charge in [-0.3, -0.25) is 9.52 Å². The molecule has 1 amide bonds. The Hall–Kier alpha value is -3.00. The average Bonchev–Trinajstić information content (AvgIpc) is 2.75. The van der Waals surface area contributed by atoms with Crippen LogP contribution in [-0.2, 0) is 14.8 Å². The lowest BCUT2D eigenvalue weighted by Gasteiger charge is -2.13. The molecule has 0 spiro atoms. The van der Waals surface area contributed by atoms with Gasteiger partial charge in [-0.1, -0.05) is 32.4 Å². The van der Waals surface area contributed by atoms with Crippen molar-refractivity contribution in [2.75, 3.05) is 29.5 Å². The van der Waals surface area contributed by atoms with Crippen LogP contribution >= 0.6 is 0 Å². The number of sulfonamides is 1. The summed E-state index contributed by atoms with van der Waals surface area (Å²) >= 11 is 0. The van der Waals surface area contributed by atoms with Crippen LogP contribution in [0, 0.1) is 6.92 Å². The largest absolute Gasteiger partial charge is 0.493 e. The minimum atomic E-state index is -3.42. The second-order valence-electron chi connectivity index (χ2n) is 7.33. The Kier molecular flexibility index (Phi) is 9.59. The Morgan fingerprint density at radius 3 is 2.50 bits per heavy atom. The Morgan fingerprint density at radius 2 is 1.81 bits per heavy atom. The number of benzene rings is 2. The molecule has 2 rings (SSSR count). The van der Waals surface area contributed by atoms with Crippen LogP contribution in [0.4, 0.5) is 11.4 Å². The molecule has 0 fully saturated rings. The molecule has 0 aliphatic rings. The van der Waals surface area contributed by atoms with Crippen molar-refractivity contribution in [1.82, 2.24) is 0 Å². The van der Waals surface area contributed by atoms with Crippen molar-refractivity contribution < 1.29 is 22.7 Å². The zero-order valence-corrected chi connectivity index (χ0v) is 19.9. The molecule has 2 aromatic rings. The maximum atomic E-state index is 12.4. The van der Waals surface area contributed by atoms with E-state index in [9.17, 15) is 13.2 Å². The number of hydrogen-bond acceptors (Lipinski definition) is 5. The predicted octanol–water partition coefficient (Wildman–Crippen LogP) is 4.99. The third-order valence-electron chi connectivity index (χ3n) is 4.70. The highest BCUT2D eigenvalue weighted by atomic mass is 32.2. The Bertz CT molecular complexity index is 1050. The van der Waals surface area contributed by atoms with E-state index in [1.54, 1.807) is 51.3 Å². The number of ether oxygens (including phenoxy) is 2. The van der Waals surface area contributed by atoms with Crippen LogP contribution in [0.1, 0.15) is 44.2 Å². The van der Waals surface area contributed by atoms with Crippen LogP contribution in [0.25, 0.3) is 6.08 Å². The lowest BCUT2D eigenvalue weighted by Crippen LogP contribution is -2.17. The fourth-order valence-electron chi connectivity index (χ4n) is 2.95. The summed E-state index contributed by atoms with van der Waals surface area (Å²) in [6.45, 7) is 6.28. The number of anilines is 2. The van der Waals surface area contributed by atoms with E-state index < -0.39 is 10.0 Å². The fraction of sp³-hybridized carbons (Fsp3) is 0.375. The van der Waals surface area contributed by atoms with Gasteiger partial charge in [0.05, 0.1) is 25.2 Å². The first kappa shape index (κ1) is 25.3. The van der Waals surface area contributed by atoms with Crippen LogP contribution in [0.2, 0.25) is 0 Å². The van der Waals surface area contributed by atoms with Crippen LogP contribution in [0.5, 0.6) is 11.5 Å². The van der Waals surface area contributed by atoms with E-state index in [1.807, 2.05) is 12.1 Å². The minimum Gasteiger partial charge on any atom is -0.493 e. The van der Waals surface area contributed by atoms with E-state index in [2.05, 4.69) is 17.0 Å². The van der Waals surface area contributed by atoms with E-state index in [0.29, 0.717) is 41.5 Å². The zero-order valence-electron chi connectivity index (χ0n) is 19.1. The van der Waals surface area contributed by atoms with Crippen LogP contribution in [0.3, 0.4) is 0 Å². The van der Waals surface area contributed by atoms with Gasteiger partial charge >= 0.3 is 0 Å². The van der Waals surface area contributed by atoms with E-state index in [1.165, 1.54) is 6.08 Å². The number of carbonyl (C=O) groups excluding carboxylic acids is 1. The van der Waals surface area contributed by atoms with Crippen molar-refractivity contribution in [3.05, 3.63) is 53.6 Å². The lowest BCUT2D eigenvalue weighted by molar-refractivity contribution is -0.111. The van der Waals surface area contributed by atoms with Gasteiger partial charge in [-0.2, -0.15) is 0 Å². The zero-order chi connectivity index (χ0) is 23.6. The molecule has 0 saturated carbocycles. The van der Waals surface area contributed by atoms with Gasteiger partial charge in [-0.15, -0.1) is 0 Å². The first-order valence-corrected chi connectivity index (χ1v) is 12.3. The maximum Gasteiger partial charge on any atom is 0.248 e. The van der Waals surface area contributed by atoms with Crippen LogP contribution < -0.4 is 19.5 Å². The quantitative estimate of drug-likeness (QED) is 0.344. The summed E-state index contributed by atoms with van der Waals surface area (Å²) in [6.07, 6.45) is 5.62. The number of methoxy groups -OCH3 is 1. The molecule has 0 bridgehead atoms. The molecule has 0 saturated heterocycles. The molecule has 174 valence electrons. The van der Waals surface area contributed by atoms with Gasteiger partial charge < -0.3 is 14.8 Å². The summed E-state index contributed by atoms with van der Waals surface area (Å²) in [5.74, 6) is 0.980. The molecule has 0 aliphatic heterocycles. The van der Waals surface area contributed by atoms with Crippen molar-refractivity contribution in [3.63, 3.8) is 0 Å². The maximum absolute atomic E-state index is 12.4. The number of carbonyl (C=O) groups is 1. The van der Waals surface area contributed by atoms with E-state index in [0.717, 1.165) is 18.4 Å². The number of hydrogen-bond donors (Lipinski definition) is 2. The fourth-order valence-corrected chi connectivity index (χ4v) is 4.14. The van der Waals surface area contributed by atoms with Crippen molar-refractivity contribution in [2.24, 2.45) is 0 Å². The van der Waals surface area contributed by atoms with Gasteiger partial charge in [0.2, 0.25) is 15.9 Å². The summed E-state index contributed by atoms with van der Waals surface area (Å²) in [6, 6.07) is 10.6. The molecule has 0 unspecified atom stereocenters. The topological polar surface area (TPSA) is 93.7 Å². The Morgan fingerprint density at radius 1 is 1.06 bits per heavy atom. The van der Waals surface area contributed by atoms with E-state index in [4.69, 9.17) is 9.47 Å². The molecule has 0 aliphatic carbocycles. The van der Waals surface area contributed by atoms with Crippen molar-refractivity contribution in [2.45, 2.75) is 40.0 Å². The summed E-state index contributed by atoms with van der Waals surface area (Å²) < 4.78 is 37.8. The molecule has 0 radical (unpaired) electrons. The van der Waals surface area contributed by atoms with Gasteiger partial charge in [0.15, 0.2) is 11.5 Å². The number of unbranched alkanes of at least 4 members (excludes halogenated alkanes) is 1.